The molecule has 0 bridgehead atoms. The molecule has 0 rings (SSSR count). The highest BCUT2D eigenvalue weighted by Crippen LogP contribution is 2.45. The second-order valence-electron chi connectivity index (χ2n) is 28.7. The minimum atomic E-state index is -4.97. The van der Waals surface area contributed by atoms with Crippen molar-refractivity contribution in [1.29, 1.82) is 0 Å². The van der Waals surface area contributed by atoms with E-state index in [0.29, 0.717) is 31.6 Å². The van der Waals surface area contributed by atoms with Crippen molar-refractivity contribution in [2.75, 3.05) is 39.6 Å². The molecule has 0 saturated heterocycles. The third-order valence-electron chi connectivity index (χ3n) is 17.8. The third-order valence-corrected chi connectivity index (χ3v) is 19.7. The van der Waals surface area contributed by atoms with Crippen LogP contribution in [0.4, 0.5) is 0 Å². The van der Waals surface area contributed by atoms with Gasteiger partial charge < -0.3 is 33.8 Å². The second-order valence-corrected chi connectivity index (χ2v) is 31.6. The van der Waals surface area contributed by atoms with Crippen LogP contribution in [0.5, 0.6) is 0 Å². The predicted molar refractivity (Wildman–Crippen MR) is 400 cm³/mol. The van der Waals surface area contributed by atoms with E-state index in [2.05, 4.69) is 65.8 Å². The highest BCUT2D eigenvalue weighted by Gasteiger charge is 2.30. The first-order chi connectivity index (χ1) is 47.4. The molecule has 0 spiro atoms. The molecule has 0 heterocycles. The number of unbranched alkanes of at least 4 members (excludes halogenated alkanes) is 43. The summed E-state index contributed by atoms with van der Waals surface area (Å²) >= 11 is 0. The van der Waals surface area contributed by atoms with E-state index in [4.69, 9.17) is 37.0 Å². The quantitative estimate of drug-likeness (QED) is 0.0169. The van der Waals surface area contributed by atoms with Gasteiger partial charge in [-0.25, -0.2) is 9.13 Å². The summed E-state index contributed by atoms with van der Waals surface area (Å²) in [5.74, 6) is -0.638. The lowest BCUT2D eigenvalue weighted by atomic mass is 10.0. The molecule has 19 heteroatoms. The Morgan fingerprint density at radius 3 is 0.837 bits per heavy atom. The molecule has 0 aliphatic carbocycles. The van der Waals surface area contributed by atoms with Gasteiger partial charge in [0, 0.05) is 25.7 Å². The molecule has 0 saturated carbocycles. The molecule has 0 aromatic carbocycles. The fourth-order valence-electron chi connectivity index (χ4n) is 11.6. The van der Waals surface area contributed by atoms with Crippen LogP contribution in [0.15, 0.2) is 24.3 Å². The number of carbonyl (C=O) groups excluding carboxylic acids is 4. The Labute approximate surface area is 599 Å². The summed E-state index contributed by atoms with van der Waals surface area (Å²) in [7, 11) is -9.93. The number of ether oxygens (including phenoxy) is 4. The Balaban J connectivity index is 5.28. The molecule has 2 unspecified atom stereocenters. The lowest BCUT2D eigenvalue weighted by molar-refractivity contribution is -0.161. The van der Waals surface area contributed by atoms with Crippen molar-refractivity contribution in [2.24, 2.45) is 11.8 Å². The van der Waals surface area contributed by atoms with E-state index in [0.717, 1.165) is 121 Å². The molecule has 5 atom stereocenters. The van der Waals surface area contributed by atoms with Gasteiger partial charge in [-0.05, 0) is 63.2 Å². The molecule has 0 radical (unpaired) electrons. The summed E-state index contributed by atoms with van der Waals surface area (Å²) in [5, 5.41) is 10.6. The van der Waals surface area contributed by atoms with Gasteiger partial charge >= 0.3 is 39.5 Å². The molecule has 98 heavy (non-hydrogen) atoms. The van der Waals surface area contributed by atoms with E-state index < -0.39 is 97.5 Å². The maximum atomic E-state index is 13.1. The van der Waals surface area contributed by atoms with E-state index >= 15 is 0 Å². The first-order valence-electron chi connectivity index (χ1n) is 40.3. The molecule has 0 aromatic rings. The van der Waals surface area contributed by atoms with Gasteiger partial charge in [0.2, 0.25) is 0 Å². The SMILES string of the molecule is CCCCCC/C=C\C=C/CCCCCCCC(=O)OC[C@H](COP(=O)(O)OC[C@@H](O)COP(=O)(O)OC[C@@H](COC(=O)CCCCCCCCCC(C)C)OC(=O)CCCCCCCCCCCCCCCCC)OC(=O)CCCCCCCCCCCCCCCCCC(C)C. The van der Waals surface area contributed by atoms with Crippen LogP contribution in [0.25, 0.3) is 0 Å². The molecule has 0 aromatic heterocycles. The van der Waals surface area contributed by atoms with E-state index in [9.17, 15) is 43.2 Å². The van der Waals surface area contributed by atoms with Crippen molar-refractivity contribution in [3.05, 3.63) is 24.3 Å². The number of aliphatic hydroxyl groups is 1. The molecular weight excluding hydrogens is 1280 g/mol. The van der Waals surface area contributed by atoms with Crippen LogP contribution in [0.3, 0.4) is 0 Å². The van der Waals surface area contributed by atoms with Gasteiger partial charge in [0.05, 0.1) is 26.4 Å². The Bertz CT molecular complexity index is 1980. The van der Waals surface area contributed by atoms with Crippen molar-refractivity contribution >= 4 is 39.5 Å². The zero-order chi connectivity index (χ0) is 72.1. The first-order valence-corrected chi connectivity index (χ1v) is 43.3. The van der Waals surface area contributed by atoms with Crippen LogP contribution in [0, 0.1) is 11.8 Å². The Kier molecular flexibility index (Phi) is 68.5. The molecule has 0 aliphatic rings. The highest BCUT2D eigenvalue weighted by molar-refractivity contribution is 7.47. The number of allylic oxidation sites excluding steroid dienone is 4. The number of rotatable bonds is 76. The maximum Gasteiger partial charge on any atom is 0.472 e. The van der Waals surface area contributed by atoms with E-state index in [1.807, 2.05) is 0 Å². The van der Waals surface area contributed by atoms with Crippen molar-refractivity contribution < 1.29 is 80.2 Å². The standard InChI is InChI=1S/C79H150O17P2/c1-7-9-11-13-15-17-19-21-24-29-33-37-43-49-55-61-76(81)89-67-74(95-78(83)64-58-52-45-39-35-31-27-23-26-28-32-36-41-47-53-59-71(3)4)69-93-97(85,86)91-65-73(80)66-92-98(87,88)94-70-75(68-90-77(82)62-56-50-46-40-42-48-54-60-72(5)6)96-79(84)63-57-51-44-38-34-30-25-22-20-18-16-14-12-10-8-2/h17,19,21,24,71-75,80H,7-16,18,20,22-23,25-70H2,1-6H3,(H,85,86)(H,87,88)/b19-17-,24-21-/t73-,74-,75-/m1/s1. The van der Waals surface area contributed by atoms with Gasteiger partial charge in [0.25, 0.3) is 0 Å². The minimum Gasteiger partial charge on any atom is -0.462 e. The summed E-state index contributed by atoms with van der Waals surface area (Å²) in [6, 6.07) is 0. The molecular formula is C79H150O17P2. The van der Waals surface area contributed by atoms with Crippen LogP contribution in [0.1, 0.15) is 388 Å². The van der Waals surface area contributed by atoms with E-state index in [1.165, 1.54) is 180 Å². The van der Waals surface area contributed by atoms with Crippen LogP contribution in [-0.4, -0.2) is 96.7 Å². The zero-order valence-corrected chi connectivity index (χ0v) is 65.4. The van der Waals surface area contributed by atoms with E-state index in [-0.39, 0.29) is 25.7 Å². The number of hydrogen-bond acceptors (Lipinski definition) is 15. The van der Waals surface area contributed by atoms with Gasteiger partial charge in [-0.2, -0.15) is 0 Å². The Morgan fingerprint density at radius 1 is 0.316 bits per heavy atom. The van der Waals surface area contributed by atoms with Crippen molar-refractivity contribution in [3.8, 4) is 0 Å². The fraction of sp³-hybridized carbons (Fsp3) is 0.899. The Hall–Kier alpha value is -2.46. The normalized spacial score (nSPS) is 14.1. The molecule has 3 N–H and O–H groups in total. The van der Waals surface area contributed by atoms with Crippen LogP contribution in [0.2, 0.25) is 0 Å². The summed E-state index contributed by atoms with van der Waals surface area (Å²) in [6.07, 6.45) is 61.9. The lowest BCUT2D eigenvalue weighted by Gasteiger charge is -2.21. The molecule has 0 aliphatic heterocycles. The smallest absolute Gasteiger partial charge is 0.462 e. The monoisotopic (exact) mass is 1430 g/mol. The number of phosphoric acid groups is 2. The van der Waals surface area contributed by atoms with E-state index in [1.54, 1.807) is 0 Å². The number of esters is 4. The van der Waals surface area contributed by atoms with Gasteiger partial charge in [-0.3, -0.25) is 37.3 Å². The van der Waals surface area contributed by atoms with Crippen molar-refractivity contribution in [1.82, 2.24) is 0 Å². The molecule has 17 nitrogen and oxygen atoms in total. The van der Waals surface area contributed by atoms with Gasteiger partial charge in [-0.1, -0.05) is 336 Å². The average molecular weight is 1430 g/mol. The van der Waals surface area contributed by atoms with Crippen molar-refractivity contribution in [3.63, 3.8) is 0 Å². The summed E-state index contributed by atoms with van der Waals surface area (Å²) < 4.78 is 68.6. The maximum absolute atomic E-state index is 13.1. The summed E-state index contributed by atoms with van der Waals surface area (Å²) in [5.41, 5.74) is 0. The number of carbonyl (C=O) groups is 4. The predicted octanol–water partition coefficient (Wildman–Crippen LogP) is 23.1. The Morgan fingerprint density at radius 2 is 0.551 bits per heavy atom. The zero-order valence-electron chi connectivity index (χ0n) is 63.6. The van der Waals surface area contributed by atoms with Gasteiger partial charge in [-0.15, -0.1) is 0 Å². The average Bonchev–Trinajstić information content (AvgIpc) is 1.05. The van der Waals surface area contributed by atoms with Crippen LogP contribution >= 0.6 is 15.6 Å². The first kappa shape index (κ1) is 95.5. The fourth-order valence-corrected chi connectivity index (χ4v) is 13.2. The van der Waals surface area contributed by atoms with Crippen molar-refractivity contribution in [2.45, 2.75) is 407 Å². The molecule has 0 fully saturated rings. The van der Waals surface area contributed by atoms with Crippen LogP contribution < -0.4 is 0 Å². The number of hydrogen-bond donors (Lipinski definition) is 3. The molecule has 578 valence electrons. The van der Waals surface area contributed by atoms with Crippen LogP contribution in [-0.2, 0) is 65.4 Å². The third kappa shape index (κ3) is 71.9. The summed E-state index contributed by atoms with van der Waals surface area (Å²) in [4.78, 5) is 72.9. The highest BCUT2D eigenvalue weighted by atomic mass is 31.2. The van der Waals surface area contributed by atoms with Gasteiger partial charge in [0.15, 0.2) is 12.2 Å². The minimum absolute atomic E-state index is 0.101. The number of aliphatic hydroxyl groups excluding tert-OH is 1. The summed E-state index contributed by atoms with van der Waals surface area (Å²) in [6.45, 7) is 9.52. The largest absolute Gasteiger partial charge is 0.472 e. The topological polar surface area (TPSA) is 237 Å². The number of phosphoric ester groups is 2. The molecule has 0 amide bonds. The second kappa shape index (κ2) is 70.2. The lowest BCUT2D eigenvalue weighted by Crippen LogP contribution is -2.30. The van der Waals surface area contributed by atoms with Gasteiger partial charge in [0.1, 0.15) is 19.3 Å².